The number of hydrogen-bond acceptors (Lipinski definition) is 5. The fourth-order valence-corrected chi connectivity index (χ4v) is 1.26. The Morgan fingerprint density at radius 1 is 1.67 bits per heavy atom. The molecule has 0 aliphatic carbocycles. The zero-order valence-corrected chi connectivity index (χ0v) is 8.19. The minimum Gasteiger partial charge on any atom is -0.395 e. The first-order chi connectivity index (χ1) is 7.22. The third-order valence-electron chi connectivity index (χ3n) is 2.03. The topological polar surface area (TPSA) is 95.8 Å². The normalized spacial score (nSPS) is 10.8. The van der Waals surface area contributed by atoms with E-state index >= 15 is 0 Å². The van der Waals surface area contributed by atoms with E-state index in [0.29, 0.717) is 23.7 Å². The molecule has 7 heteroatoms. The summed E-state index contributed by atoms with van der Waals surface area (Å²) in [6, 6.07) is 0. The second-order valence-corrected chi connectivity index (χ2v) is 3.07. The smallest absolute Gasteiger partial charge is 0.327 e. The number of aliphatic hydroxyl groups excluding tert-OH is 1. The SMILES string of the molecule is Cn1c(=O)[nH]c2cnc(NCCO)nc21. The maximum absolute atomic E-state index is 11.2. The number of aliphatic hydroxyl groups is 1. The molecule has 7 nitrogen and oxygen atoms in total. The molecule has 0 radical (unpaired) electrons. The second kappa shape index (κ2) is 3.70. The molecule has 3 N–H and O–H groups in total. The first-order valence-electron chi connectivity index (χ1n) is 4.49. The van der Waals surface area contributed by atoms with E-state index in [1.807, 2.05) is 0 Å². The van der Waals surface area contributed by atoms with E-state index in [1.165, 1.54) is 10.8 Å². The fourth-order valence-electron chi connectivity index (χ4n) is 1.26. The molecule has 2 heterocycles. The summed E-state index contributed by atoms with van der Waals surface area (Å²) in [6.07, 6.45) is 1.53. The summed E-state index contributed by atoms with van der Waals surface area (Å²) in [4.78, 5) is 22.0. The number of hydrogen-bond donors (Lipinski definition) is 3. The number of aromatic amines is 1. The minimum atomic E-state index is -0.224. The summed E-state index contributed by atoms with van der Waals surface area (Å²) < 4.78 is 1.40. The van der Waals surface area contributed by atoms with Gasteiger partial charge in [-0.15, -0.1) is 0 Å². The van der Waals surface area contributed by atoms with E-state index in [2.05, 4.69) is 20.3 Å². The van der Waals surface area contributed by atoms with Crippen LogP contribution in [0.5, 0.6) is 0 Å². The Morgan fingerprint density at radius 3 is 3.20 bits per heavy atom. The lowest BCUT2D eigenvalue weighted by Crippen LogP contribution is -2.13. The molecule has 0 atom stereocenters. The van der Waals surface area contributed by atoms with Gasteiger partial charge >= 0.3 is 5.69 Å². The van der Waals surface area contributed by atoms with Gasteiger partial charge in [-0.3, -0.25) is 4.57 Å². The Morgan fingerprint density at radius 2 is 2.47 bits per heavy atom. The Labute approximate surface area is 84.8 Å². The van der Waals surface area contributed by atoms with Gasteiger partial charge in [0.1, 0.15) is 5.52 Å². The zero-order valence-electron chi connectivity index (χ0n) is 8.19. The van der Waals surface area contributed by atoms with Gasteiger partial charge in [-0.1, -0.05) is 0 Å². The highest BCUT2D eigenvalue weighted by Crippen LogP contribution is 2.06. The van der Waals surface area contributed by atoms with E-state index in [9.17, 15) is 4.79 Å². The average Bonchev–Trinajstić information content (AvgIpc) is 2.52. The lowest BCUT2D eigenvalue weighted by molar-refractivity contribution is 0.311. The quantitative estimate of drug-likeness (QED) is 0.606. The van der Waals surface area contributed by atoms with Crippen LogP contribution in [0.2, 0.25) is 0 Å². The number of aryl methyl sites for hydroxylation is 1. The summed E-state index contributed by atoms with van der Waals surface area (Å²) in [5.74, 6) is 0.395. The van der Waals surface area contributed by atoms with Gasteiger partial charge in [0.05, 0.1) is 12.8 Å². The van der Waals surface area contributed by atoms with Crippen LogP contribution in [0, 0.1) is 0 Å². The minimum absolute atomic E-state index is 0.00741. The van der Waals surface area contributed by atoms with Crippen molar-refractivity contribution in [1.82, 2.24) is 19.5 Å². The van der Waals surface area contributed by atoms with Crippen LogP contribution in [0.25, 0.3) is 11.2 Å². The number of nitrogens with zero attached hydrogens (tertiary/aromatic N) is 3. The molecule has 0 fully saturated rings. The highest BCUT2D eigenvalue weighted by Gasteiger charge is 2.05. The van der Waals surface area contributed by atoms with Gasteiger partial charge in [-0.2, -0.15) is 4.98 Å². The van der Waals surface area contributed by atoms with Gasteiger partial charge < -0.3 is 15.4 Å². The van der Waals surface area contributed by atoms with E-state index < -0.39 is 0 Å². The number of rotatable bonds is 3. The first kappa shape index (κ1) is 9.66. The molecule has 0 saturated carbocycles. The monoisotopic (exact) mass is 209 g/mol. The molecule has 0 saturated heterocycles. The van der Waals surface area contributed by atoms with Crippen LogP contribution in [-0.4, -0.2) is 37.8 Å². The molecule has 0 unspecified atom stereocenters. The predicted octanol–water partition coefficient (Wildman–Crippen LogP) is -0.939. The summed E-state index contributed by atoms with van der Waals surface area (Å²) in [5, 5.41) is 11.4. The van der Waals surface area contributed by atoms with E-state index in [4.69, 9.17) is 5.11 Å². The molecule has 2 aromatic heterocycles. The molecule has 0 aliphatic heterocycles. The molecule has 0 aromatic carbocycles. The largest absolute Gasteiger partial charge is 0.395 e. The van der Waals surface area contributed by atoms with Crippen LogP contribution in [0.3, 0.4) is 0 Å². The first-order valence-corrected chi connectivity index (χ1v) is 4.49. The number of anilines is 1. The highest BCUT2D eigenvalue weighted by atomic mass is 16.3. The average molecular weight is 209 g/mol. The molecule has 2 rings (SSSR count). The van der Waals surface area contributed by atoms with E-state index in [1.54, 1.807) is 7.05 Å². The molecule has 15 heavy (non-hydrogen) atoms. The van der Waals surface area contributed by atoms with Crippen molar-refractivity contribution in [1.29, 1.82) is 0 Å². The van der Waals surface area contributed by atoms with Crippen molar-refractivity contribution in [3.05, 3.63) is 16.7 Å². The van der Waals surface area contributed by atoms with Crippen molar-refractivity contribution < 1.29 is 5.11 Å². The van der Waals surface area contributed by atoms with Crippen LogP contribution in [-0.2, 0) is 7.05 Å². The van der Waals surface area contributed by atoms with Crippen molar-refractivity contribution in [2.45, 2.75) is 0 Å². The van der Waals surface area contributed by atoms with Gasteiger partial charge in [-0.05, 0) is 0 Å². The molecule has 0 amide bonds. The third-order valence-corrected chi connectivity index (χ3v) is 2.03. The molecular formula is C8H11N5O2. The van der Waals surface area contributed by atoms with E-state index in [0.717, 1.165) is 0 Å². The molecule has 80 valence electrons. The maximum atomic E-state index is 11.2. The summed E-state index contributed by atoms with van der Waals surface area (Å²) in [7, 11) is 1.63. The zero-order chi connectivity index (χ0) is 10.8. The fraction of sp³-hybridized carbons (Fsp3) is 0.375. The van der Waals surface area contributed by atoms with Crippen LogP contribution >= 0.6 is 0 Å². The molecule has 2 aromatic rings. The van der Waals surface area contributed by atoms with Crippen LogP contribution < -0.4 is 11.0 Å². The van der Waals surface area contributed by atoms with Crippen molar-refractivity contribution in [2.75, 3.05) is 18.5 Å². The van der Waals surface area contributed by atoms with Gasteiger partial charge in [0, 0.05) is 13.6 Å². The van der Waals surface area contributed by atoms with Crippen molar-refractivity contribution in [3.63, 3.8) is 0 Å². The lowest BCUT2D eigenvalue weighted by atomic mass is 10.5. The van der Waals surface area contributed by atoms with Crippen molar-refractivity contribution in [2.24, 2.45) is 7.05 Å². The van der Waals surface area contributed by atoms with Crippen LogP contribution in [0.15, 0.2) is 11.0 Å². The standard InChI is InChI=1S/C8H11N5O2/c1-13-6-5(11-8(13)15)4-10-7(12-6)9-2-3-14/h4,14H,2-3H2,1H3,(H,11,15)(H,9,10,12). The van der Waals surface area contributed by atoms with Crippen molar-refractivity contribution in [3.8, 4) is 0 Å². The number of aromatic nitrogens is 4. The van der Waals surface area contributed by atoms with Gasteiger partial charge in [0.15, 0.2) is 5.65 Å². The van der Waals surface area contributed by atoms with Gasteiger partial charge in [0.2, 0.25) is 5.95 Å². The Hall–Kier alpha value is -1.89. The number of H-pyrrole nitrogens is 1. The summed E-state index contributed by atoms with van der Waals surface area (Å²) in [5.41, 5.74) is 0.908. The van der Waals surface area contributed by atoms with Gasteiger partial charge in [-0.25, -0.2) is 9.78 Å². The maximum Gasteiger partial charge on any atom is 0.327 e. The molecule has 0 aliphatic rings. The Balaban J connectivity index is 2.45. The predicted molar refractivity (Wildman–Crippen MR) is 54.7 cm³/mol. The number of nitrogens with one attached hydrogen (secondary N) is 2. The Bertz CT molecular complexity index is 529. The number of imidazole rings is 1. The third kappa shape index (κ3) is 1.68. The summed E-state index contributed by atoms with van der Waals surface area (Å²) in [6.45, 7) is 0.386. The molecular weight excluding hydrogens is 198 g/mol. The van der Waals surface area contributed by atoms with Crippen molar-refractivity contribution >= 4 is 17.1 Å². The molecule has 0 spiro atoms. The van der Waals surface area contributed by atoms with Crippen LogP contribution in [0.1, 0.15) is 0 Å². The lowest BCUT2D eigenvalue weighted by Gasteiger charge is -2.01. The summed E-state index contributed by atoms with van der Waals surface area (Å²) >= 11 is 0. The van der Waals surface area contributed by atoms with Gasteiger partial charge in [0.25, 0.3) is 0 Å². The van der Waals surface area contributed by atoms with E-state index in [-0.39, 0.29) is 12.3 Å². The van der Waals surface area contributed by atoms with Crippen LogP contribution in [0.4, 0.5) is 5.95 Å². The second-order valence-electron chi connectivity index (χ2n) is 3.07. The molecule has 0 bridgehead atoms. The highest BCUT2D eigenvalue weighted by molar-refractivity contribution is 5.70. The Kier molecular flexibility index (Phi) is 2.38. The number of fused-ring (bicyclic) bond motifs is 1.